The predicted molar refractivity (Wildman–Crippen MR) is 61.1 cm³/mol. The number of hydrogen-bond donors (Lipinski definition) is 1. The summed E-state index contributed by atoms with van der Waals surface area (Å²) in [6.07, 6.45) is 1.76. The maximum atomic E-state index is 8.93. The standard InChI is InChI=1S/C10H10N2OS2/c1-7-4-5-11-10(12-7)15-9-3-2-8(6-13)14-9/h2-5,13H,6H2,1H3. The summed E-state index contributed by atoms with van der Waals surface area (Å²) in [5.41, 5.74) is 0.964. The quantitative estimate of drug-likeness (QED) is 0.834. The molecule has 0 aromatic carbocycles. The van der Waals surface area contributed by atoms with Gasteiger partial charge in [0.2, 0.25) is 0 Å². The van der Waals surface area contributed by atoms with Crippen molar-refractivity contribution in [3.05, 3.63) is 35.0 Å². The molecule has 0 bridgehead atoms. The van der Waals surface area contributed by atoms with E-state index in [1.54, 1.807) is 17.5 Å². The zero-order chi connectivity index (χ0) is 10.7. The highest BCUT2D eigenvalue weighted by atomic mass is 32.2. The van der Waals surface area contributed by atoms with Gasteiger partial charge in [0, 0.05) is 16.8 Å². The molecule has 0 atom stereocenters. The average Bonchev–Trinajstić information content (AvgIpc) is 2.65. The third-order valence-electron chi connectivity index (χ3n) is 1.76. The Morgan fingerprint density at radius 3 is 2.93 bits per heavy atom. The van der Waals surface area contributed by atoms with E-state index in [1.807, 2.05) is 25.1 Å². The molecule has 78 valence electrons. The van der Waals surface area contributed by atoms with E-state index in [4.69, 9.17) is 5.11 Å². The first-order valence-corrected chi connectivity index (χ1v) is 6.08. The van der Waals surface area contributed by atoms with Gasteiger partial charge in [0.1, 0.15) is 0 Å². The van der Waals surface area contributed by atoms with Gasteiger partial charge >= 0.3 is 0 Å². The van der Waals surface area contributed by atoms with Gasteiger partial charge in [-0.3, -0.25) is 0 Å². The van der Waals surface area contributed by atoms with Crippen molar-refractivity contribution in [2.45, 2.75) is 22.9 Å². The van der Waals surface area contributed by atoms with Crippen molar-refractivity contribution in [1.82, 2.24) is 9.97 Å². The van der Waals surface area contributed by atoms with E-state index >= 15 is 0 Å². The Labute approximate surface area is 96.2 Å². The van der Waals surface area contributed by atoms with Crippen LogP contribution in [-0.4, -0.2) is 15.1 Å². The van der Waals surface area contributed by atoms with Crippen molar-refractivity contribution in [1.29, 1.82) is 0 Å². The SMILES string of the molecule is Cc1ccnc(Sc2ccc(CO)s2)n1. The topological polar surface area (TPSA) is 46.0 Å². The summed E-state index contributed by atoms with van der Waals surface area (Å²) < 4.78 is 1.10. The number of aliphatic hydroxyl groups is 1. The maximum Gasteiger partial charge on any atom is 0.193 e. The molecule has 2 rings (SSSR count). The van der Waals surface area contributed by atoms with Crippen LogP contribution < -0.4 is 0 Å². The third kappa shape index (κ3) is 2.77. The van der Waals surface area contributed by atoms with Gasteiger partial charge in [-0.15, -0.1) is 11.3 Å². The minimum Gasteiger partial charge on any atom is -0.391 e. The second-order valence-electron chi connectivity index (χ2n) is 2.96. The Morgan fingerprint density at radius 1 is 1.40 bits per heavy atom. The molecule has 0 unspecified atom stereocenters. The van der Waals surface area contributed by atoms with Gasteiger partial charge in [0.25, 0.3) is 0 Å². The molecular weight excluding hydrogens is 228 g/mol. The summed E-state index contributed by atoms with van der Waals surface area (Å²) in [4.78, 5) is 9.43. The van der Waals surface area contributed by atoms with E-state index < -0.39 is 0 Å². The van der Waals surface area contributed by atoms with E-state index in [-0.39, 0.29) is 6.61 Å². The zero-order valence-corrected chi connectivity index (χ0v) is 9.81. The molecule has 15 heavy (non-hydrogen) atoms. The van der Waals surface area contributed by atoms with Crippen LogP contribution in [0.15, 0.2) is 33.8 Å². The van der Waals surface area contributed by atoms with E-state index in [0.29, 0.717) is 0 Å². The van der Waals surface area contributed by atoms with E-state index in [1.165, 1.54) is 11.8 Å². The van der Waals surface area contributed by atoms with Crippen molar-refractivity contribution in [2.75, 3.05) is 0 Å². The summed E-state index contributed by atoms with van der Waals surface area (Å²) in [5, 5.41) is 9.68. The second-order valence-corrected chi connectivity index (χ2v) is 5.40. The molecule has 2 aromatic heterocycles. The zero-order valence-electron chi connectivity index (χ0n) is 8.17. The Kier molecular flexibility index (Phi) is 3.35. The first kappa shape index (κ1) is 10.6. The summed E-state index contributed by atoms with van der Waals surface area (Å²) in [7, 11) is 0. The normalized spacial score (nSPS) is 10.5. The van der Waals surface area contributed by atoms with Crippen molar-refractivity contribution in [2.24, 2.45) is 0 Å². The van der Waals surface area contributed by atoms with Crippen LogP contribution >= 0.6 is 23.1 Å². The molecule has 0 amide bonds. The third-order valence-corrected chi connectivity index (χ3v) is 3.84. The summed E-state index contributed by atoms with van der Waals surface area (Å²) in [6, 6.07) is 5.77. The van der Waals surface area contributed by atoms with Crippen LogP contribution in [0.1, 0.15) is 10.6 Å². The molecule has 0 aliphatic carbocycles. The van der Waals surface area contributed by atoms with Gasteiger partial charge in [0.15, 0.2) is 5.16 Å². The van der Waals surface area contributed by atoms with E-state index in [9.17, 15) is 0 Å². The van der Waals surface area contributed by atoms with Crippen molar-refractivity contribution < 1.29 is 5.11 Å². The molecule has 0 saturated carbocycles. The monoisotopic (exact) mass is 238 g/mol. The summed E-state index contributed by atoms with van der Waals surface area (Å²) in [6.45, 7) is 2.04. The minimum atomic E-state index is 0.0971. The van der Waals surface area contributed by atoms with Crippen molar-refractivity contribution in [3.8, 4) is 0 Å². The average molecular weight is 238 g/mol. The fourth-order valence-corrected chi connectivity index (χ4v) is 2.99. The second kappa shape index (κ2) is 4.74. The lowest BCUT2D eigenvalue weighted by Crippen LogP contribution is -1.86. The first-order valence-electron chi connectivity index (χ1n) is 4.45. The molecule has 1 N–H and O–H groups in total. The van der Waals surface area contributed by atoms with Crippen LogP contribution in [0.3, 0.4) is 0 Å². The van der Waals surface area contributed by atoms with Crippen molar-refractivity contribution in [3.63, 3.8) is 0 Å². The number of thiophene rings is 1. The van der Waals surface area contributed by atoms with Gasteiger partial charge in [-0.05, 0) is 36.9 Å². The van der Waals surface area contributed by atoms with Crippen LogP contribution in [0.4, 0.5) is 0 Å². The molecule has 0 spiro atoms. The molecule has 0 radical (unpaired) electrons. The van der Waals surface area contributed by atoms with Crippen molar-refractivity contribution >= 4 is 23.1 Å². The maximum absolute atomic E-state index is 8.93. The Morgan fingerprint density at radius 2 is 2.27 bits per heavy atom. The number of aryl methyl sites for hydroxylation is 1. The summed E-state index contributed by atoms with van der Waals surface area (Å²) >= 11 is 3.09. The van der Waals surface area contributed by atoms with E-state index in [0.717, 1.165) is 19.9 Å². The molecule has 3 nitrogen and oxygen atoms in total. The van der Waals surface area contributed by atoms with Gasteiger partial charge in [-0.25, -0.2) is 9.97 Å². The van der Waals surface area contributed by atoms with Crippen LogP contribution in [0, 0.1) is 6.92 Å². The Hall–Kier alpha value is -0.910. The smallest absolute Gasteiger partial charge is 0.193 e. The number of rotatable bonds is 3. The van der Waals surface area contributed by atoms with Gasteiger partial charge in [-0.1, -0.05) is 0 Å². The highest BCUT2D eigenvalue weighted by Gasteiger charge is 2.03. The minimum absolute atomic E-state index is 0.0971. The molecule has 2 heterocycles. The number of hydrogen-bond acceptors (Lipinski definition) is 5. The number of aliphatic hydroxyl groups excluding tert-OH is 1. The molecular formula is C10H10N2OS2. The Balaban J connectivity index is 2.14. The largest absolute Gasteiger partial charge is 0.391 e. The van der Waals surface area contributed by atoms with Crippen LogP contribution in [0.2, 0.25) is 0 Å². The Bertz CT molecular complexity index is 456. The number of aromatic nitrogens is 2. The fraction of sp³-hybridized carbons (Fsp3) is 0.200. The van der Waals surface area contributed by atoms with Crippen LogP contribution in [0.25, 0.3) is 0 Å². The van der Waals surface area contributed by atoms with E-state index in [2.05, 4.69) is 9.97 Å². The highest BCUT2D eigenvalue weighted by Crippen LogP contribution is 2.31. The van der Waals surface area contributed by atoms with Gasteiger partial charge < -0.3 is 5.11 Å². The molecule has 0 saturated heterocycles. The molecule has 0 aliphatic rings. The summed E-state index contributed by atoms with van der Waals surface area (Å²) in [5.74, 6) is 0. The van der Waals surface area contributed by atoms with Gasteiger partial charge in [0.05, 0.1) is 10.8 Å². The first-order chi connectivity index (χ1) is 7.28. The lowest BCUT2D eigenvalue weighted by Gasteiger charge is -1.97. The van der Waals surface area contributed by atoms with Crippen LogP contribution in [-0.2, 0) is 6.61 Å². The van der Waals surface area contributed by atoms with Gasteiger partial charge in [-0.2, -0.15) is 0 Å². The molecule has 2 aromatic rings. The highest BCUT2D eigenvalue weighted by molar-refractivity contribution is 8.01. The molecule has 0 aliphatic heterocycles. The lowest BCUT2D eigenvalue weighted by atomic mass is 10.5. The predicted octanol–water partition coefficient (Wildman–Crippen LogP) is 2.49. The lowest BCUT2D eigenvalue weighted by molar-refractivity contribution is 0.285. The fourth-order valence-electron chi connectivity index (χ4n) is 1.06. The molecule has 0 fully saturated rings. The van der Waals surface area contributed by atoms with Crippen LogP contribution in [0.5, 0.6) is 0 Å². The molecule has 5 heteroatoms. The number of nitrogens with zero attached hydrogens (tertiary/aromatic N) is 2.